The minimum Gasteiger partial charge on any atom is -0.493 e. The first-order valence-corrected chi connectivity index (χ1v) is 7.34. The number of rotatable bonds is 5. The Morgan fingerprint density at radius 2 is 2.00 bits per heavy atom. The van der Waals surface area contributed by atoms with Crippen LogP contribution in [0.3, 0.4) is 0 Å². The molecule has 1 saturated heterocycles. The molecule has 1 heterocycles. The average molecular weight is 278 g/mol. The highest BCUT2D eigenvalue weighted by molar-refractivity contribution is 5.43. The maximum Gasteiger partial charge on any atom is 0.161 e. The van der Waals surface area contributed by atoms with Crippen LogP contribution >= 0.6 is 0 Å². The smallest absolute Gasteiger partial charge is 0.161 e. The van der Waals surface area contributed by atoms with E-state index < -0.39 is 0 Å². The van der Waals surface area contributed by atoms with Crippen LogP contribution in [0, 0.1) is 5.92 Å². The van der Waals surface area contributed by atoms with Crippen molar-refractivity contribution in [3.8, 4) is 11.5 Å². The van der Waals surface area contributed by atoms with Crippen LogP contribution in [-0.2, 0) is 0 Å². The van der Waals surface area contributed by atoms with E-state index in [0.717, 1.165) is 24.6 Å². The zero-order valence-corrected chi connectivity index (χ0v) is 12.9. The van der Waals surface area contributed by atoms with Gasteiger partial charge < -0.3 is 20.1 Å². The molecule has 1 fully saturated rings. The molecule has 0 spiro atoms. The zero-order valence-electron chi connectivity index (χ0n) is 12.9. The van der Waals surface area contributed by atoms with Gasteiger partial charge in [-0.15, -0.1) is 0 Å². The molecule has 20 heavy (non-hydrogen) atoms. The zero-order chi connectivity index (χ0) is 14.5. The molecule has 1 aliphatic heterocycles. The maximum absolute atomic E-state index is 5.38. The van der Waals surface area contributed by atoms with Gasteiger partial charge in [-0.1, -0.05) is 13.0 Å². The Balaban J connectivity index is 2.06. The summed E-state index contributed by atoms with van der Waals surface area (Å²) in [5, 5.41) is 7.17. The predicted molar refractivity (Wildman–Crippen MR) is 81.5 cm³/mol. The van der Waals surface area contributed by atoms with E-state index in [4.69, 9.17) is 9.47 Å². The third-order valence-electron chi connectivity index (χ3n) is 4.16. The summed E-state index contributed by atoms with van der Waals surface area (Å²) in [4.78, 5) is 0. The van der Waals surface area contributed by atoms with E-state index in [9.17, 15) is 0 Å². The first kappa shape index (κ1) is 15.1. The highest BCUT2D eigenvalue weighted by atomic mass is 16.5. The first-order chi connectivity index (χ1) is 9.65. The number of piperidine rings is 1. The summed E-state index contributed by atoms with van der Waals surface area (Å²) >= 11 is 0. The van der Waals surface area contributed by atoms with Crippen LogP contribution in [0.2, 0.25) is 0 Å². The van der Waals surface area contributed by atoms with Crippen molar-refractivity contribution in [2.45, 2.75) is 32.4 Å². The molecular formula is C16H26N2O2. The Kier molecular flexibility index (Phi) is 5.26. The lowest BCUT2D eigenvalue weighted by molar-refractivity contribution is 0.278. The van der Waals surface area contributed by atoms with Crippen LogP contribution in [-0.4, -0.2) is 33.4 Å². The summed E-state index contributed by atoms with van der Waals surface area (Å²) in [6.45, 7) is 6.69. The van der Waals surface area contributed by atoms with Crippen LogP contribution in [0.5, 0.6) is 11.5 Å². The Morgan fingerprint density at radius 3 is 2.65 bits per heavy atom. The molecule has 0 radical (unpaired) electrons. The van der Waals surface area contributed by atoms with Gasteiger partial charge in [0.2, 0.25) is 0 Å². The lowest BCUT2D eigenvalue weighted by atomic mass is 9.93. The summed E-state index contributed by atoms with van der Waals surface area (Å²) in [5.41, 5.74) is 1.23. The fourth-order valence-corrected chi connectivity index (χ4v) is 2.80. The Hall–Kier alpha value is -1.26. The summed E-state index contributed by atoms with van der Waals surface area (Å²) < 4.78 is 10.7. The van der Waals surface area contributed by atoms with Crippen molar-refractivity contribution in [3.63, 3.8) is 0 Å². The average Bonchev–Trinajstić information content (AvgIpc) is 2.48. The third kappa shape index (κ3) is 3.44. The molecule has 0 bridgehead atoms. The van der Waals surface area contributed by atoms with E-state index in [2.05, 4.69) is 36.6 Å². The molecule has 4 heteroatoms. The number of methoxy groups -OCH3 is 2. The van der Waals surface area contributed by atoms with Crippen molar-refractivity contribution in [2.75, 3.05) is 27.3 Å². The van der Waals surface area contributed by atoms with Gasteiger partial charge in [-0.2, -0.15) is 0 Å². The van der Waals surface area contributed by atoms with Crippen LogP contribution in [0.15, 0.2) is 18.2 Å². The predicted octanol–water partition coefficient (Wildman–Crippen LogP) is 2.35. The monoisotopic (exact) mass is 278 g/mol. The maximum atomic E-state index is 5.38. The molecule has 112 valence electrons. The summed E-state index contributed by atoms with van der Waals surface area (Å²) in [7, 11) is 3.34. The Labute approximate surface area is 121 Å². The molecule has 1 aromatic carbocycles. The molecule has 0 aromatic heterocycles. The minimum absolute atomic E-state index is 0.306. The number of ether oxygens (including phenoxy) is 2. The molecule has 0 amide bonds. The minimum atomic E-state index is 0.306. The second-order valence-electron chi connectivity index (χ2n) is 5.58. The van der Waals surface area contributed by atoms with E-state index in [1.54, 1.807) is 14.2 Å². The topological polar surface area (TPSA) is 42.5 Å². The molecule has 1 aliphatic rings. The SMILES string of the molecule is COc1ccc(C(C)NC2CCNCC2C)cc1OC. The van der Waals surface area contributed by atoms with E-state index in [0.29, 0.717) is 18.0 Å². The molecule has 3 atom stereocenters. The Morgan fingerprint density at radius 1 is 1.25 bits per heavy atom. The van der Waals surface area contributed by atoms with Gasteiger partial charge in [0.25, 0.3) is 0 Å². The summed E-state index contributed by atoms with van der Waals surface area (Å²) in [6.07, 6.45) is 1.18. The molecule has 0 aliphatic carbocycles. The van der Waals surface area contributed by atoms with Crippen molar-refractivity contribution >= 4 is 0 Å². The molecule has 2 N–H and O–H groups in total. The van der Waals surface area contributed by atoms with Crippen molar-refractivity contribution in [1.82, 2.24) is 10.6 Å². The van der Waals surface area contributed by atoms with Crippen molar-refractivity contribution < 1.29 is 9.47 Å². The fourth-order valence-electron chi connectivity index (χ4n) is 2.80. The van der Waals surface area contributed by atoms with E-state index in [-0.39, 0.29) is 0 Å². The normalized spacial score (nSPS) is 24.2. The van der Waals surface area contributed by atoms with Gasteiger partial charge in [0, 0.05) is 12.1 Å². The Bertz CT molecular complexity index is 436. The van der Waals surface area contributed by atoms with Crippen molar-refractivity contribution in [3.05, 3.63) is 23.8 Å². The van der Waals surface area contributed by atoms with Gasteiger partial charge in [-0.3, -0.25) is 0 Å². The largest absolute Gasteiger partial charge is 0.493 e. The number of nitrogens with one attached hydrogen (secondary N) is 2. The molecular weight excluding hydrogens is 252 g/mol. The van der Waals surface area contributed by atoms with Gasteiger partial charge >= 0.3 is 0 Å². The van der Waals surface area contributed by atoms with Gasteiger partial charge in [0.05, 0.1) is 14.2 Å². The van der Waals surface area contributed by atoms with Gasteiger partial charge in [-0.25, -0.2) is 0 Å². The lowest BCUT2D eigenvalue weighted by Crippen LogP contribution is -2.47. The van der Waals surface area contributed by atoms with Crippen LogP contribution < -0.4 is 20.1 Å². The van der Waals surface area contributed by atoms with Gasteiger partial charge in [0.1, 0.15) is 0 Å². The highest BCUT2D eigenvalue weighted by Crippen LogP contribution is 2.30. The molecule has 0 saturated carbocycles. The molecule has 3 unspecified atom stereocenters. The van der Waals surface area contributed by atoms with Gasteiger partial charge in [0.15, 0.2) is 11.5 Å². The summed E-state index contributed by atoms with van der Waals surface area (Å²) in [6, 6.07) is 7.00. The first-order valence-electron chi connectivity index (χ1n) is 7.34. The number of benzene rings is 1. The fraction of sp³-hybridized carbons (Fsp3) is 0.625. The van der Waals surface area contributed by atoms with E-state index in [1.807, 2.05) is 6.07 Å². The van der Waals surface area contributed by atoms with Crippen LogP contribution in [0.4, 0.5) is 0 Å². The lowest BCUT2D eigenvalue weighted by Gasteiger charge is -2.33. The van der Waals surface area contributed by atoms with Crippen molar-refractivity contribution in [2.24, 2.45) is 5.92 Å². The third-order valence-corrected chi connectivity index (χ3v) is 4.16. The second-order valence-corrected chi connectivity index (χ2v) is 5.58. The number of hydrogen-bond acceptors (Lipinski definition) is 4. The molecule has 2 rings (SSSR count). The highest BCUT2D eigenvalue weighted by Gasteiger charge is 2.23. The van der Waals surface area contributed by atoms with Gasteiger partial charge in [-0.05, 0) is 50.0 Å². The van der Waals surface area contributed by atoms with E-state index >= 15 is 0 Å². The van der Waals surface area contributed by atoms with Crippen LogP contribution in [0.1, 0.15) is 31.9 Å². The standard InChI is InChI=1S/C16H26N2O2/c1-11-10-17-8-7-14(11)18-12(2)13-5-6-15(19-3)16(9-13)20-4/h5-6,9,11-12,14,17-18H,7-8,10H2,1-4H3. The second kappa shape index (κ2) is 6.95. The van der Waals surface area contributed by atoms with Crippen LogP contribution in [0.25, 0.3) is 0 Å². The van der Waals surface area contributed by atoms with E-state index in [1.165, 1.54) is 12.0 Å². The van der Waals surface area contributed by atoms with Crippen molar-refractivity contribution in [1.29, 1.82) is 0 Å². The quantitative estimate of drug-likeness (QED) is 0.867. The molecule has 1 aromatic rings. The molecule has 4 nitrogen and oxygen atoms in total. The number of hydrogen-bond donors (Lipinski definition) is 2. The summed E-state index contributed by atoms with van der Waals surface area (Å²) in [5.74, 6) is 2.22.